The molecule has 0 atom stereocenters. The van der Waals surface area contributed by atoms with E-state index in [2.05, 4.69) is 20.1 Å². The molecule has 1 aromatic heterocycles. The largest absolute Gasteiger partial charge is 0.351 e. The fraction of sp³-hybridized carbons (Fsp3) is 0.375. The number of amides is 1. The number of carbonyl (C=O) groups is 1. The summed E-state index contributed by atoms with van der Waals surface area (Å²) in [5.74, 6) is 0.0580. The molecule has 0 bridgehead atoms. The number of benzene rings is 1. The van der Waals surface area contributed by atoms with Crippen LogP contribution < -0.4 is 10.2 Å². The lowest BCUT2D eigenvalue weighted by Gasteiger charge is -2.34. The van der Waals surface area contributed by atoms with Gasteiger partial charge in [0.05, 0.1) is 6.54 Å². The lowest BCUT2D eigenvalue weighted by molar-refractivity contribution is -0.122. The first kappa shape index (κ1) is 16.2. The van der Waals surface area contributed by atoms with Gasteiger partial charge in [-0.15, -0.1) is 11.3 Å². The number of piperazine rings is 1. The highest BCUT2D eigenvalue weighted by atomic mass is 35.5. The van der Waals surface area contributed by atoms with Crippen LogP contribution in [-0.4, -0.2) is 48.5 Å². The maximum absolute atomic E-state index is 12.1. The summed E-state index contributed by atoms with van der Waals surface area (Å²) in [6, 6.07) is 7.52. The number of nitrogens with one attached hydrogen (secondary N) is 1. The molecule has 0 spiro atoms. The van der Waals surface area contributed by atoms with Crippen molar-refractivity contribution in [1.82, 2.24) is 15.2 Å². The molecule has 122 valence electrons. The number of carbonyl (C=O) groups excluding carboxylic acids is 1. The molecule has 1 aliphatic heterocycles. The van der Waals surface area contributed by atoms with Crippen LogP contribution >= 0.6 is 22.9 Å². The van der Waals surface area contributed by atoms with Gasteiger partial charge in [-0.05, 0) is 17.7 Å². The Kier molecular flexibility index (Phi) is 5.48. The molecule has 3 rings (SSSR count). The minimum absolute atomic E-state index is 0.0580. The minimum atomic E-state index is 0.0580. The summed E-state index contributed by atoms with van der Waals surface area (Å²) in [7, 11) is 0. The molecule has 1 aliphatic rings. The second-order valence-corrected chi connectivity index (χ2v) is 6.79. The number of rotatable bonds is 5. The smallest absolute Gasteiger partial charge is 0.234 e. The van der Waals surface area contributed by atoms with Gasteiger partial charge in [0.15, 0.2) is 5.13 Å². The fourth-order valence-corrected chi connectivity index (χ4v) is 3.35. The molecule has 1 amide bonds. The molecule has 1 saturated heterocycles. The summed E-state index contributed by atoms with van der Waals surface area (Å²) in [6.07, 6.45) is 1.83. The second kappa shape index (κ2) is 7.77. The normalized spacial score (nSPS) is 15.6. The molecular formula is C16H19ClN4OS. The SMILES string of the molecule is O=C(CN1CCN(c2nccs2)CC1)NCc1ccc(Cl)cc1. The zero-order valence-corrected chi connectivity index (χ0v) is 14.3. The Hall–Kier alpha value is -1.63. The van der Waals surface area contributed by atoms with E-state index in [1.807, 2.05) is 35.8 Å². The zero-order valence-electron chi connectivity index (χ0n) is 12.7. The van der Waals surface area contributed by atoms with Gasteiger partial charge in [0, 0.05) is 49.3 Å². The Morgan fingerprint density at radius 3 is 2.61 bits per heavy atom. The highest BCUT2D eigenvalue weighted by Gasteiger charge is 2.20. The van der Waals surface area contributed by atoms with E-state index in [4.69, 9.17) is 11.6 Å². The molecule has 23 heavy (non-hydrogen) atoms. The highest BCUT2D eigenvalue weighted by Crippen LogP contribution is 2.18. The van der Waals surface area contributed by atoms with Gasteiger partial charge in [0.25, 0.3) is 0 Å². The average molecular weight is 351 g/mol. The van der Waals surface area contributed by atoms with Gasteiger partial charge in [-0.2, -0.15) is 0 Å². The monoisotopic (exact) mass is 350 g/mol. The van der Waals surface area contributed by atoms with Crippen LogP contribution in [0.3, 0.4) is 0 Å². The van der Waals surface area contributed by atoms with Crippen molar-refractivity contribution in [3.05, 3.63) is 46.4 Å². The second-order valence-electron chi connectivity index (χ2n) is 5.48. The fourth-order valence-electron chi connectivity index (χ4n) is 2.53. The third-order valence-electron chi connectivity index (χ3n) is 3.83. The van der Waals surface area contributed by atoms with Crippen LogP contribution in [-0.2, 0) is 11.3 Å². The Morgan fingerprint density at radius 2 is 1.96 bits per heavy atom. The Balaban J connectivity index is 1.40. The van der Waals surface area contributed by atoms with E-state index in [0.717, 1.165) is 36.9 Å². The van der Waals surface area contributed by atoms with Gasteiger partial charge in [-0.1, -0.05) is 23.7 Å². The number of nitrogens with zero attached hydrogens (tertiary/aromatic N) is 3. The molecule has 0 aliphatic carbocycles. The van der Waals surface area contributed by atoms with Gasteiger partial charge >= 0.3 is 0 Å². The van der Waals surface area contributed by atoms with Crippen molar-refractivity contribution in [3.63, 3.8) is 0 Å². The molecule has 1 N–H and O–H groups in total. The molecule has 0 unspecified atom stereocenters. The lowest BCUT2D eigenvalue weighted by atomic mass is 10.2. The first-order chi connectivity index (χ1) is 11.2. The molecule has 0 saturated carbocycles. The van der Waals surface area contributed by atoms with Gasteiger partial charge in [0.2, 0.25) is 5.91 Å². The van der Waals surface area contributed by atoms with Crippen LogP contribution in [0.15, 0.2) is 35.8 Å². The topological polar surface area (TPSA) is 48.5 Å². The van der Waals surface area contributed by atoms with Crippen molar-refractivity contribution in [2.24, 2.45) is 0 Å². The standard InChI is InChI=1S/C16H19ClN4OS/c17-14-3-1-13(2-4-14)11-19-15(22)12-20-6-8-21(9-7-20)16-18-5-10-23-16/h1-5,10H,6-9,11-12H2,(H,19,22). The van der Waals surface area contributed by atoms with Crippen LogP contribution in [0.2, 0.25) is 5.02 Å². The van der Waals surface area contributed by atoms with E-state index in [0.29, 0.717) is 18.1 Å². The maximum Gasteiger partial charge on any atom is 0.234 e. The van der Waals surface area contributed by atoms with E-state index in [1.54, 1.807) is 11.3 Å². The van der Waals surface area contributed by atoms with Crippen LogP contribution in [0, 0.1) is 0 Å². The van der Waals surface area contributed by atoms with Crippen LogP contribution in [0.5, 0.6) is 0 Å². The molecule has 2 heterocycles. The average Bonchev–Trinajstić information content (AvgIpc) is 3.09. The third-order valence-corrected chi connectivity index (χ3v) is 4.92. The molecule has 7 heteroatoms. The zero-order chi connectivity index (χ0) is 16.1. The number of anilines is 1. The highest BCUT2D eigenvalue weighted by molar-refractivity contribution is 7.13. The lowest BCUT2D eigenvalue weighted by Crippen LogP contribution is -2.49. The predicted molar refractivity (Wildman–Crippen MR) is 94.1 cm³/mol. The Bertz CT molecular complexity index is 624. The van der Waals surface area contributed by atoms with Crippen molar-refractivity contribution >= 4 is 34.0 Å². The Labute approximate surface area is 144 Å². The summed E-state index contributed by atoms with van der Waals surface area (Å²) in [5, 5.41) is 6.72. The third kappa shape index (κ3) is 4.67. The molecule has 2 aromatic rings. The molecule has 5 nitrogen and oxygen atoms in total. The van der Waals surface area contributed by atoms with Crippen molar-refractivity contribution < 1.29 is 4.79 Å². The van der Waals surface area contributed by atoms with Crippen molar-refractivity contribution in [3.8, 4) is 0 Å². The van der Waals surface area contributed by atoms with Gasteiger partial charge in [0.1, 0.15) is 0 Å². The molecule has 1 fully saturated rings. The van der Waals surface area contributed by atoms with Crippen LogP contribution in [0.25, 0.3) is 0 Å². The van der Waals surface area contributed by atoms with Crippen molar-refractivity contribution in [2.45, 2.75) is 6.54 Å². The Morgan fingerprint density at radius 1 is 1.22 bits per heavy atom. The van der Waals surface area contributed by atoms with E-state index in [9.17, 15) is 4.79 Å². The number of halogens is 1. The van der Waals surface area contributed by atoms with E-state index >= 15 is 0 Å². The summed E-state index contributed by atoms with van der Waals surface area (Å²) in [6.45, 7) is 4.58. The number of thiazole rings is 1. The quantitative estimate of drug-likeness (QED) is 0.898. The predicted octanol–water partition coefficient (Wildman–Crippen LogP) is 2.23. The molecule has 0 radical (unpaired) electrons. The van der Waals surface area contributed by atoms with Gasteiger partial charge < -0.3 is 10.2 Å². The first-order valence-electron chi connectivity index (χ1n) is 7.58. The van der Waals surface area contributed by atoms with E-state index < -0.39 is 0 Å². The van der Waals surface area contributed by atoms with E-state index in [1.165, 1.54) is 0 Å². The summed E-state index contributed by atoms with van der Waals surface area (Å²) in [5.41, 5.74) is 1.05. The molecular weight excluding hydrogens is 332 g/mol. The van der Waals surface area contributed by atoms with Crippen molar-refractivity contribution in [1.29, 1.82) is 0 Å². The first-order valence-corrected chi connectivity index (χ1v) is 8.84. The minimum Gasteiger partial charge on any atom is -0.351 e. The summed E-state index contributed by atoms with van der Waals surface area (Å²) < 4.78 is 0. The van der Waals surface area contributed by atoms with Gasteiger partial charge in [-0.3, -0.25) is 9.69 Å². The van der Waals surface area contributed by atoms with Gasteiger partial charge in [-0.25, -0.2) is 4.98 Å². The number of aromatic nitrogens is 1. The van der Waals surface area contributed by atoms with Crippen molar-refractivity contribution in [2.75, 3.05) is 37.6 Å². The maximum atomic E-state index is 12.1. The summed E-state index contributed by atoms with van der Waals surface area (Å²) >= 11 is 7.51. The van der Waals surface area contributed by atoms with Crippen LogP contribution in [0.1, 0.15) is 5.56 Å². The molecule has 1 aromatic carbocycles. The summed E-state index contributed by atoms with van der Waals surface area (Å²) in [4.78, 5) is 20.8. The van der Waals surface area contributed by atoms with Crippen LogP contribution in [0.4, 0.5) is 5.13 Å². The van der Waals surface area contributed by atoms with E-state index in [-0.39, 0.29) is 5.91 Å². The number of hydrogen-bond acceptors (Lipinski definition) is 5. The number of hydrogen-bond donors (Lipinski definition) is 1.